The number of hydrogen-bond donors (Lipinski definition) is 1. The van der Waals surface area contributed by atoms with Crippen LogP contribution < -0.4 is 10.1 Å². The number of rotatable bonds is 7. The van der Waals surface area contributed by atoms with Gasteiger partial charge < -0.3 is 15.0 Å². The zero-order chi connectivity index (χ0) is 15.0. The molecule has 0 heterocycles. The van der Waals surface area contributed by atoms with Gasteiger partial charge in [-0.3, -0.25) is 9.59 Å². The molecule has 0 fully saturated rings. The quantitative estimate of drug-likeness (QED) is 0.833. The van der Waals surface area contributed by atoms with Gasteiger partial charge in [0, 0.05) is 13.6 Å². The molecule has 5 nitrogen and oxygen atoms in total. The van der Waals surface area contributed by atoms with Crippen LogP contribution in [0.5, 0.6) is 5.75 Å². The van der Waals surface area contributed by atoms with Gasteiger partial charge in [-0.2, -0.15) is 0 Å². The Morgan fingerprint density at radius 1 is 1.35 bits per heavy atom. The predicted octanol–water partition coefficient (Wildman–Crippen LogP) is 1.70. The van der Waals surface area contributed by atoms with Gasteiger partial charge in [-0.25, -0.2) is 0 Å². The van der Waals surface area contributed by atoms with Crippen LogP contribution in [0.2, 0.25) is 5.02 Å². The van der Waals surface area contributed by atoms with Crippen LogP contribution in [0.4, 0.5) is 0 Å². The van der Waals surface area contributed by atoms with Crippen LogP contribution in [0.25, 0.3) is 0 Å². The molecule has 0 atom stereocenters. The van der Waals surface area contributed by atoms with Gasteiger partial charge in [0.25, 0.3) is 5.91 Å². The molecule has 0 radical (unpaired) electrons. The average Bonchev–Trinajstić information content (AvgIpc) is 2.43. The van der Waals surface area contributed by atoms with Crippen molar-refractivity contribution in [2.24, 2.45) is 0 Å². The molecule has 0 saturated heterocycles. The largest absolute Gasteiger partial charge is 0.482 e. The number of carbonyl (C=O) groups is 2. The van der Waals surface area contributed by atoms with Crippen molar-refractivity contribution >= 4 is 23.4 Å². The fourth-order valence-electron chi connectivity index (χ4n) is 1.44. The molecule has 0 aliphatic heterocycles. The highest BCUT2D eigenvalue weighted by Crippen LogP contribution is 2.22. The maximum absolute atomic E-state index is 11.8. The lowest BCUT2D eigenvalue weighted by atomic mass is 10.3. The van der Waals surface area contributed by atoms with Crippen LogP contribution in [0.15, 0.2) is 24.3 Å². The second-order valence-electron chi connectivity index (χ2n) is 4.32. The van der Waals surface area contributed by atoms with Crippen LogP contribution in [0.3, 0.4) is 0 Å². The monoisotopic (exact) mass is 298 g/mol. The molecule has 0 aliphatic rings. The third kappa shape index (κ3) is 5.48. The number of halogens is 1. The Morgan fingerprint density at radius 2 is 2.05 bits per heavy atom. The third-order valence-corrected chi connectivity index (χ3v) is 2.88. The Hall–Kier alpha value is -1.75. The van der Waals surface area contributed by atoms with E-state index in [9.17, 15) is 9.59 Å². The van der Waals surface area contributed by atoms with E-state index in [1.807, 2.05) is 6.92 Å². The van der Waals surface area contributed by atoms with Crippen LogP contribution in [-0.2, 0) is 9.59 Å². The lowest BCUT2D eigenvalue weighted by Crippen LogP contribution is -2.40. The highest BCUT2D eigenvalue weighted by molar-refractivity contribution is 6.32. The van der Waals surface area contributed by atoms with Crippen molar-refractivity contribution in [3.05, 3.63) is 29.3 Å². The maximum Gasteiger partial charge on any atom is 0.260 e. The van der Waals surface area contributed by atoms with Gasteiger partial charge >= 0.3 is 0 Å². The molecule has 1 N–H and O–H groups in total. The Morgan fingerprint density at radius 3 is 2.70 bits per heavy atom. The Labute approximate surface area is 123 Å². The first-order valence-electron chi connectivity index (χ1n) is 6.42. The Balaban J connectivity index is 2.39. The van der Waals surface area contributed by atoms with E-state index in [0.29, 0.717) is 17.3 Å². The van der Waals surface area contributed by atoms with Crippen LogP contribution in [0.1, 0.15) is 13.3 Å². The van der Waals surface area contributed by atoms with Crippen molar-refractivity contribution in [3.8, 4) is 5.75 Å². The molecule has 110 valence electrons. The molecular formula is C14H19ClN2O3. The summed E-state index contributed by atoms with van der Waals surface area (Å²) in [5, 5.41) is 3.15. The molecule has 2 amide bonds. The highest BCUT2D eigenvalue weighted by atomic mass is 35.5. The van der Waals surface area contributed by atoms with Crippen molar-refractivity contribution < 1.29 is 14.3 Å². The predicted molar refractivity (Wildman–Crippen MR) is 77.9 cm³/mol. The summed E-state index contributed by atoms with van der Waals surface area (Å²) in [5.41, 5.74) is 0. The first-order chi connectivity index (χ1) is 9.54. The number of ether oxygens (including phenoxy) is 1. The van der Waals surface area contributed by atoms with Crippen molar-refractivity contribution in [1.29, 1.82) is 0 Å². The topological polar surface area (TPSA) is 58.6 Å². The van der Waals surface area contributed by atoms with E-state index in [-0.39, 0.29) is 25.0 Å². The molecule has 0 aliphatic carbocycles. The molecule has 1 aromatic rings. The molecule has 20 heavy (non-hydrogen) atoms. The minimum Gasteiger partial charge on any atom is -0.482 e. The SMILES string of the molecule is CCCNC(=O)CN(C)C(=O)COc1ccccc1Cl. The van der Waals surface area contributed by atoms with E-state index in [0.717, 1.165) is 6.42 Å². The fourth-order valence-corrected chi connectivity index (χ4v) is 1.63. The standard InChI is InChI=1S/C14H19ClN2O3/c1-3-8-16-13(18)9-17(2)14(19)10-20-12-7-5-4-6-11(12)15/h4-7H,3,8-10H2,1-2H3,(H,16,18). The van der Waals surface area contributed by atoms with Crippen molar-refractivity contribution in [1.82, 2.24) is 10.2 Å². The Kier molecular flexibility index (Phi) is 6.87. The van der Waals surface area contributed by atoms with Crippen molar-refractivity contribution in [3.63, 3.8) is 0 Å². The van der Waals surface area contributed by atoms with Gasteiger partial charge in [0.1, 0.15) is 5.75 Å². The van der Waals surface area contributed by atoms with E-state index < -0.39 is 0 Å². The normalized spacial score (nSPS) is 9.95. The summed E-state index contributed by atoms with van der Waals surface area (Å²) in [6.45, 7) is 2.44. The van der Waals surface area contributed by atoms with Gasteiger partial charge in [0.05, 0.1) is 11.6 Å². The van der Waals surface area contributed by atoms with Crippen molar-refractivity contribution in [2.75, 3.05) is 26.7 Å². The third-order valence-electron chi connectivity index (χ3n) is 2.57. The van der Waals surface area contributed by atoms with Gasteiger partial charge in [0.2, 0.25) is 5.91 Å². The fraction of sp³-hybridized carbons (Fsp3) is 0.429. The number of nitrogens with one attached hydrogen (secondary N) is 1. The van der Waals surface area contributed by atoms with Gasteiger partial charge in [0.15, 0.2) is 6.61 Å². The van der Waals surface area contributed by atoms with E-state index in [4.69, 9.17) is 16.3 Å². The second-order valence-corrected chi connectivity index (χ2v) is 4.73. The minimum atomic E-state index is -0.281. The summed E-state index contributed by atoms with van der Waals surface area (Å²) >= 11 is 5.91. The van der Waals surface area contributed by atoms with E-state index in [2.05, 4.69) is 5.32 Å². The van der Waals surface area contributed by atoms with Crippen LogP contribution in [-0.4, -0.2) is 43.5 Å². The smallest absolute Gasteiger partial charge is 0.260 e. The Bertz CT molecular complexity index is 465. The zero-order valence-electron chi connectivity index (χ0n) is 11.7. The summed E-state index contributed by atoms with van der Waals surface area (Å²) in [5.74, 6) is -0.0108. The number of para-hydroxylation sites is 1. The summed E-state index contributed by atoms with van der Waals surface area (Å²) in [4.78, 5) is 24.6. The van der Waals surface area contributed by atoms with E-state index in [1.54, 1.807) is 31.3 Å². The van der Waals surface area contributed by atoms with Crippen LogP contribution >= 0.6 is 11.6 Å². The summed E-state index contributed by atoms with van der Waals surface area (Å²) < 4.78 is 5.33. The molecule has 0 aromatic heterocycles. The lowest BCUT2D eigenvalue weighted by Gasteiger charge is -2.17. The van der Waals surface area contributed by atoms with Gasteiger partial charge in [-0.05, 0) is 18.6 Å². The van der Waals surface area contributed by atoms with Crippen LogP contribution in [0, 0.1) is 0 Å². The zero-order valence-corrected chi connectivity index (χ0v) is 12.4. The number of amides is 2. The number of hydrogen-bond acceptors (Lipinski definition) is 3. The molecule has 1 rings (SSSR count). The minimum absolute atomic E-state index is 0.0186. The van der Waals surface area contributed by atoms with Crippen molar-refractivity contribution in [2.45, 2.75) is 13.3 Å². The van der Waals surface area contributed by atoms with E-state index >= 15 is 0 Å². The number of carbonyl (C=O) groups excluding carboxylic acids is 2. The number of benzene rings is 1. The van der Waals surface area contributed by atoms with E-state index in [1.165, 1.54) is 4.90 Å². The van der Waals surface area contributed by atoms with Gasteiger partial charge in [-0.1, -0.05) is 30.7 Å². The molecular weight excluding hydrogens is 280 g/mol. The maximum atomic E-state index is 11.8. The summed E-state index contributed by atoms with van der Waals surface area (Å²) in [7, 11) is 1.56. The first kappa shape index (κ1) is 16.3. The lowest BCUT2D eigenvalue weighted by molar-refractivity contribution is -0.136. The highest BCUT2D eigenvalue weighted by Gasteiger charge is 2.13. The molecule has 0 saturated carbocycles. The molecule has 0 unspecified atom stereocenters. The summed E-state index contributed by atoms with van der Waals surface area (Å²) in [6, 6.07) is 6.92. The molecule has 0 bridgehead atoms. The molecule has 1 aromatic carbocycles. The summed E-state index contributed by atoms with van der Waals surface area (Å²) in [6.07, 6.45) is 0.860. The van der Waals surface area contributed by atoms with Gasteiger partial charge in [-0.15, -0.1) is 0 Å². The molecule has 0 spiro atoms. The number of nitrogens with zero attached hydrogens (tertiary/aromatic N) is 1. The molecule has 6 heteroatoms. The second kappa shape index (κ2) is 8.43. The first-order valence-corrected chi connectivity index (χ1v) is 6.80. The average molecular weight is 299 g/mol. The number of likely N-dealkylation sites (N-methyl/N-ethyl adjacent to an activating group) is 1.